The third-order valence-electron chi connectivity index (χ3n) is 3.74. The van der Waals surface area contributed by atoms with Gasteiger partial charge >= 0.3 is 5.97 Å². The molecule has 5 nitrogen and oxygen atoms in total. The number of anilines is 1. The molecule has 0 saturated carbocycles. The van der Waals surface area contributed by atoms with Crippen molar-refractivity contribution >= 4 is 39.8 Å². The molecule has 0 atom stereocenters. The smallest absolute Gasteiger partial charge is 0.354 e. The number of likely N-dealkylation sites (N-methyl/N-ethyl adjacent to an activating group) is 1. The second-order valence-corrected chi connectivity index (χ2v) is 6.61. The SMILES string of the molecule is CN1CC=C(c2ccc[nH]2)C(Nc2ccc(I)cc2F)=C1C(=O)O. The van der Waals surface area contributed by atoms with Crippen LogP contribution in [0, 0.1) is 9.39 Å². The molecule has 7 heteroatoms. The van der Waals surface area contributed by atoms with Gasteiger partial charge in [-0.25, -0.2) is 9.18 Å². The quantitative estimate of drug-likeness (QED) is 0.639. The standard InChI is InChI=1S/C17H15FIN3O2/c1-22-8-6-11(13-3-2-7-20-13)15(16(22)17(23)24)21-14-5-4-10(19)9-12(14)18/h2-7,9,20-21H,8H2,1H3,(H,23,24). The lowest BCUT2D eigenvalue weighted by molar-refractivity contribution is -0.134. The van der Waals surface area contributed by atoms with E-state index in [0.29, 0.717) is 17.8 Å². The number of H-pyrrole nitrogens is 1. The maximum absolute atomic E-state index is 14.2. The van der Waals surface area contributed by atoms with Gasteiger partial charge < -0.3 is 20.3 Å². The van der Waals surface area contributed by atoms with Crippen LogP contribution in [0.3, 0.4) is 0 Å². The van der Waals surface area contributed by atoms with Gasteiger partial charge in [-0.05, 0) is 52.9 Å². The summed E-state index contributed by atoms with van der Waals surface area (Å²) >= 11 is 2.02. The van der Waals surface area contributed by atoms with Gasteiger partial charge in [-0.15, -0.1) is 0 Å². The molecule has 0 radical (unpaired) electrons. The maximum atomic E-state index is 14.2. The first-order valence-corrected chi connectivity index (χ1v) is 8.30. The van der Waals surface area contributed by atoms with Crippen molar-refractivity contribution in [2.24, 2.45) is 0 Å². The lowest BCUT2D eigenvalue weighted by atomic mass is 10.0. The van der Waals surface area contributed by atoms with Crippen LogP contribution in [0.25, 0.3) is 5.57 Å². The minimum absolute atomic E-state index is 0.0973. The number of nitrogens with zero attached hydrogens (tertiary/aromatic N) is 1. The van der Waals surface area contributed by atoms with Gasteiger partial charge in [-0.3, -0.25) is 0 Å². The molecule has 0 spiro atoms. The van der Waals surface area contributed by atoms with Crippen LogP contribution in [0.1, 0.15) is 5.69 Å². The number of aliphatic carboxylic acids is 1. The number of nitrogens with one attached hydrogen (secondary N) is 2. The molecule has 0 amide bonds. The van der Waals surface area contributed by atoms with E-state index in [1.807, 2.05) is 40.8 Å². The third-order valence-corrected chi connectivity index (χ3v) is 4.41. The summed E-state index contributed by atoms with van der Waals surface area (Å²) in [6.45, 7) is 0.455. The Morgan fingerprint density at radius 3 is 2.83 bits per heavy atom. The Labute approximate surface area is 152 Å². The predicted octanol–water partition coefficient (Wildman–Crippen LogP) is 3.50. The average Bonchev–Trinajstić information content (AvgIpc) is 3.04. The number of allylic oxidation sites excluding steroid dienone is 1. The summed E-state index contributed by atoms with van der Waals surface area (Å²) in [5.41, 5.74) is 2.17. The Morgan fingerprint density at radius 2 is 2.21 bits per heavy atom. The predicted molar refractivity (Wildman–Crippen MR) is 98.8 cm³/mol. The minimum atomic E-state index is -1.07. The van der Waals surface area contributed by atoms with Gasteiger partial charge in [0, 0.05) is 34.6 Å². The van der Waals surface area contributed by atoms with Crippen LogP contribution < -0.4 is 5.32 Å². The minimum Gasteiger partial charge on any atom is -0.477 e. The summed E-state index contributed by atoms with van der Waals surface area (Å²) in [5, 5.41) is 12.6. The van der Waals surface area contributed by atoms with E-state index in [9.17, 15) is 14.3 Å². The van der Waals surface area contributed by atoms with Gasteiger partial charge in [-0.2, -0.15) is 0 Å². The molecule has 0 saturated heterocycles. The molecule has 1 aromatic heterocycles. The Hall–Kier alpha value is -2.29. The van der Waals surface area contributed by atoms with Crippen LogP contribution in [0.15, 0.2) is 54.0 Å². The molecule has 124 valence electrons. The summed E-state index contributed by atoms with van der Waals surface area (Å²) in [5.74, 6) is -1.50. The number of halogens is 2. The Kier molecular flexibility index (Phi) is 4.61. The molecule has 3 N–H and O–H groups in total. The Balaban J connectivity index is 2.10. The molecule has 2 aromatic rings. The fraction of sp³-hybridized carbons (Fsp3) is 0.118. The van der Waals surface area contributed by atoms with Crippen molar-refractivity contribution in [2.75, 3.05) is 18.9 Å². The van der Waals surface area contributed by atoms with Gasteiger partial charge in [0.05, 0.1) is 11.4 Å². The highest BCUT2D eigenvalue weighted by Gasteiger charge is 2.27. The molecule has 1 aromatic carbocycles. The van der Waals surface area contributed by atoms with Crippen molar-refractivity contribution < 1.29 is 14.3 Å². The summed E-state index contributed by atoms with van der Waals surface area (Å²) < 4.78 is 15.0. The van der Waals surface area contributed by atoms with Crippen molar-refractivity contribution in [1.82, 2.24) is 9.88 Å². The number of benzene rings is 1. The lowest BCUT2D eigenvalue weighted by Crippen LogP contribution is -2.31. The van der Waals surface area contributed by atoms with Crippen LogP contribution >= 0.6 is 22.6 Å². The molecular weight excluding hydrogens is 424 g/mol. The van der Waals surface area contributed by atoms with Gasteiger partial charge in [0.25, 0.3) is 0 Å². The van der Waals surface area contributed by atoms with Gasteiger partial charge in [0.1, 0.15) is 11.5 Å². The number of rotatable bonds is 4. The zero-order valence-electron chi connectivity index (χ0n) is 12.8. The topological polar surface area (TPSA) is 68.4 Å². The van der Waals surface area contributed by atoms with Gasteiger partial charge in [0.2, 0.25) is 0 Å². The summed E-state index contributed by atoms with van der Waals surface area (Å²) in [7, 11) is 1.69. The van der Waals surface area contributed by atoms with E-state index in [-0.39, 0.29) is 11.4 Å². The van der Waals surface area contributed by atoms with E-state index in [2.05, 4.69) is 10.3 Å². The third kappa shape index (κ3) is 3.16. The van der Waals surface area contributed by atoms with Gasteiger partial charge in [-0.1, -0.05) is 6.08 Å². The van der Waals surface area contributed by atoms with Crippen molar-refractivity contribution in [3.8, 4) is 0 Å². The second kappa shape index (κ2) is 6.68. The van der Waals surface area contributed by atoms with E-state index in [0.717, 1.165) is 9.26 Å². The van der Waals surface area contributed by atoms with Gasteiger partial charge in [0.15, 0.2) is 0 Å². The fourth-order valence-corrected chi connectivity index (χ4v) is 3.06. The maximum Gasteiger partial charge on any atom is 0.354 e. The Bertz CT molecular complexity index is 844. The highest BCUT2D eigenvalue weighted by Crippen LogP contribution is 2.31. The first-order chi connectivity index (χ1) is 11.5. The molecule has 24 heavy (non-hydrogen) atoms. The molecule has 1 aliphatic heterocycles. The second-order valence-electron chi connectivity index (χ2n) is 5.36. The molecule has 0 unspecified atom stereocenters. The number of aromatic nitrogens is 1. The van der Waals surface area contributed by atoms with Crippen LogP contribution in [0.4, 0.5) is 10.1 Å². The number of aromatic amines is 1. The molecule has 3 rings (SSSR count). The molecular formula is C17H15FIN3O2. The van der Waals surface area contributed by atoms with Crippen LogP contribution in [0.5, 0.6) is 0 Å². The van der Waals surface area contributed by atoms with Crippen molar-refractivity contribution in [1.29, 1.82) is 0 Å². The number of hydrogen-bond acceptors (Lipinski definition) is 3. The molecule has 0 bridgehead atoms. The zero-order valence-corrected chi connectivity index (χ0v) is 15.0. The molecule has 2 heterocycles. The fourth-order valence-electron chi connectivity index (χ4n) is 2.60. The highest BCUT2D eigenvalue weighted by molar-refractivity contribution is 14.1. The molecule has 1 aliphatic rings. The van der Waals surface area contributed by atoms with Crippen molar-refractivity contribution in [3.63, 3.8) is 0 Å². The molecule has 0 aliphatic carbocycles. The van der Waals surface area contributed by atoms with E-state index < -0.39 is 11.8 Å². The summed E-state index contributed by atoms with van der Waals surface area (Å²) in [6.07, 6.45) is 3.67. The Morgan fingerprint density at radius 1 is 1.42 bits per heavy atom. The van der Waals surface area contributed by atoms with Crippen molar-refractivity contribution in [2.45, 2.75) is 0 Å². The largest absolute Gasteiger partial charge is 0.477 e. The van der Waals surface area contributed by atoms with E-state index in [4.69, 9.17) is 0 Å². The first kappa shape index (κ1) is 16.6. The molecule has 0 fully saturated rings. The van der Waals surface area contributed by atoms with Crippen molar-refractivity contribution in [3.05, 3.63) is 69.1 Å². The number of carboxylic acids is 1. The van der Waals surface area contributed by atoms with E-state index >= 15 is 0 Å². The van der Waals surface area contributed by atoms with Crippen LogP contribution in [-0.4, -0.2) is 34.6 Å². The van der Waals surface area contributed by atoms with E-state index in [1.54, 1.807) is 30.3 Å². The van der Waals surface area contributed by atoms with E-state index in [1.165, 1.54) is 6.07 Å². The summed E-state index contributed by atoms with van der Waals surface area (Å²) in [6, 6.07) is 8.44. The number of carboxylic acid groups (broad SMARTS) is 1. The summed E-state index contributed by atoms with van der Waals surface area (Å²) in [4.78, 5) is 16.4. The monoisotopic (exact) mass is 439 g/mol. The highest BCUT2D eigenvalue weighted by atomic mass is 127. The van der Waals surface area contributed by atoms with Crippen LogP contribution in [0.2, 0.25) is 0 Å². The zero-order chi connectivity index (χ0) is 17.3. The number of carbonyl (C=O) groups is 1. The first-order valence-electron chi connectivity index (χ1n) is 7.22. The normalized spacial score (nSPS) is 14.6. The lowest BCUT2D eigenvalue weighted by Gasteiger charge is -2.28. The number of hydrogen-bond donors (Lipinski definition) is 3. The van der Waals surface area contributed by atoms with Crippen LogP contribution in [-0.2, 0) is 4.79 Å². The average molecular weight is 439 g/mol.